The van der Waals surface area contributed by atoms with Gasteiger partial charge in [0.05, 0.1) is 11.9 Å². The number of hydrogen-bond donors (Lipinski definition) is 2. The highest BCUT2D eigenvalue weighted by atomic mass is 32.2. The molecule has 0 aromatic carbocycles. The molecule has 1 rings (SSSR count). The molecule has 1 unspecified atom stereocenters. The summed E-state index contributed by atoms with van der Waals surface area (Å²) in [6.45, 7) is 0. The van der Waals surface area contributed by atoms with Crippen LogP contribution in [0.3, 0.4) is 0 Å². The fraction of sp³-hybridized carbons (Fsp3) is 0.400. The van der Waals surface area contributed by atoms with E-state index in [1.807, 2.05) is 0 Å². The highest BCUT2D eigenvalue weighted by Gasteiger charge is 2.04. The third kappa shape index (κ3) is 1.70. The Morgan fingerprint density at radius 2 is 2.45 bits per heavy atom. The van der Waals surface area contributed by atoms with Crippen molar-refractivity contribution in [3.63, 3.8) is 0 Å². The first-order valence-electron chi connectivity index (χ1n) is 2.99. The van der Waals surface area contributed by atoms with Gasteiger partial charge in [0.15, 0.2) is 5.82 Å². The predicted octanol–water partition coefficient (Wildman–Crippen LogP) is -0.292. The Morgan fingerprint density at radius 3 is 2.82 bits per heavy atom. The van der Waals surface area contributed by atoms with Gasteiger partial charge in [0.25, 0.3) is 0 Å². The Labute approximate surface area is 67.2 Å². The van der Waals surface area contributed by atoms with Crippen molar-refractivity contribution in [2.24, 2.45) is 7.05 Å². The first-order valence-corrected chi connectivity index (χ1v) is 4.54. The molecule has 11 heavy (non-hydrogen) atoms. The van der Waals surface area contributed by atoms with Gasteiger partial charge in [-0.2, -0.15) is 5.10 Å². The average Bonchev–Trinajstić information content (AvgIpc) is 2.18. The summed E-state index contributed by atoms with van der Waals surface area (Å²) in [5.41, 5.74) is 6.01. The molecule has 0 amide bonds. The molecule has 0 fully saturated rings. The number of nitrogen functional groups attached to an aromatic ring is 1. The van der Waals surface area contributed by atoms with Gasteiger partial charge in [-0.1, -0.05) is 0 Å². The van der Waals surface area contributed by atoms with Crippen LogP contribution < -0.4 is 10.5 Å². The van der Waals surface area contributed by atoms with E-state index in [9.17, 15) is 4.21 Å². The molecule has 0 bridgehead atoms. The molecule has 1 aromatic rings. The Hall–Kier alpha value is -1.04. The normalized spacial score (nSPS) is 12.9. The summed E-state index contributed by atoms with van der Waals surface area (Å²) in [4.78, 5) is 0. The van der Waals surface area contributed by atoms with Crippen molar-refractivity contribution in [3.8, 4) is 0 Å². The summed E-state index contributed by atoms with van der Waals surface area (Å²) in [6.07, 6.45) is 3.04. The lowest BCUT2D eigenvalue weighted by Gasteiger charge is -2.02. The van der Waals surface area contributed by atoms with Gasteiger partial charge < -0.3 is 5.73 Å². The lowest BCUT2D eigenvalue weighted by Crippen LogP contribution is -2.07. The Balaban J connectivity index is 2.92. The molecule has 0 aliphatic heterocycles. The number of rotatable bonds is 2. The van der Waals surface area contributed by atoms with Gasteiger partial charge in [-0.25, -0.2) is 4.21 Å². The number of nitrogens with zero attached hydrogens (tertiary/aromatic N) is 2. The van der Waals surface area contributed by atoms with Crippen molar-refractivity contribution >= 4 is 22.5 Å². The van der Waals surface area contributed by atoms with E-state index in [2.05, 4.69) is 9.82 Å². The Kier molecular flexibility index (Phi) is 2.13. The van der Waals surface area contributed by atoms with Gasteiger partial charge in [0, 0.05) is 13.3 Å². The van der Waals surface area contributed by atoms with Crippen molar-refractivity contribution in [3.05, 3.63) is 6.20 Å². The average molecular weight is 174 g/mol. The monoisotopic (exact) mass is 174 g/mol. The van der Waals surface area contributed by atoms with E-state index in [1.165, 1.54) is 17.1 Å². The maximum atomic E-state index is 10.7. The minimum absolute atomic E-state index is 0.503. The summed E-state index contributed by atoms with van der Waals surface area (Å²) < 4.78 is 14.9. The molecule has 62 valence electrons. The van der Waals surface area contributed by atoms with E-state index in [1.54, 1.807) is 7.05 Å². The van der Waals surface area contributed by atoms with Gasteiger partial charge >= 0.3 is 0 Å². The molecule has 0 saturated carbocycles. The molecule has 1 aromatic heterocycles. The van der Waals surface area contributed by atoms with Crippen molar-refractivity contribution < 1.29 is 4.21 Å². The van der Waals surface area contributed by atoms with E-state index in [0.29, 0.717) is 11.5 Å². The van der Waals surface area contributed by atoms with E-state index in [4.69, 9.17) is 5.73 Å². The number of aromatic nitrogens is 2. The third-order valence-electron chi connectivity index (χ3n) is 1.21. The largest absolute Gasteiger partial charge is 0.394 e. The van der Waals surface area contributed by atoms with E-state index < -0.39 is 11.0 Å². The molecule has 5 nitrogen and oxygen atoms in total. The zero-order valence-corrected chi connectivity index (χ0v) is 7.18. The first-order chi connectivity index (χ1) is 5.11. The van der Waals surface area contributed by atoms with Crippen LogP contribution in [0.1, 0.15) is 0 Å². The van der Waals surface area contributed by atoms with E-state index in [0.717, 1.165) is 0 Å². The molecule has 3 N–H and O–H groups in total. The smallest absolute Gasteiger partial charge is 0.159 e. The van der Waals surface area contributed by atoms with Crippen molar-refractivity contribution in [2.45, 2.75) is 0 Å². The van der Waals surface area contributed by atoms with Gasteiger partial charge in [-0.3, -0.25) is 9.40 Å². The van der Waals surface area contributed by atoms with Gasteiger partial charge in [0.2, 0.25) is 0 Å². The quantitative estimate of drug-likeness (QED) is 0.647. The number of anilines is 2. The molecule has 0 spiro atoms. The molecular weight excluding hydrogens is 164 g/mol. The molecule has 0 radical (unpaired) electrons. The standard InChI is InChI=1S/C5H10N4OS/c1-9-5(8-11(2)10)4(6)3-7-9/h3,8H,6H2,1-2H3. The van der Waals surface area contributed by atoms with Crippen LogP contribution in [-0.4, -0.2) is 20.2 Å². The topological polar surface area (TPSA) is 72.9 Å². The summed E-state index contributed by atoms with van der Waals surface area (Å²) in [5.74, 6) is 0.589. The van der Waals surface area contributed by atoms with Crippen LogP contribution in [0.25, 0.3) is 0 Å². The minimum Gasteiger partial charge on any atom is -0.394 e. The van der Waals surface area contributed by atoms with Crippen molar-refractivity contribution in [2.75, 3.05) is 16.7 Å². The summed E-state index contributed by atoms with van der Waals surface area (Å²) >= 11 is 0. The van der Waals surface area contributed by atoms with Crippen LogP contribution in [0.2, 0.25) is 0 Å². The fourth-order valence-corrected chi connectivity index (χ4v) is 1.24. The van der Waals surface area contributed by atoms with Crippen LogP contribution in [0, 0.1) is 0 Å². The maximum Gasteiger partial charge on any atom is 0.159 e. The number of hydrogen-bond acceptors (Lipinski definition) is 3. The number of aryl methyl sites for hydroxylation is 1. The van der Waals surface area contributed by atoms with Crippen LogP contribution in [0.5, 0.6) is 0 Å². The van der Waals surface area contributed by atoms with Crippen molar-refractivity contribution in [1.82, 2.24) is 9.78 Å². The zero-order chi connectivity index (χ0) is 8.43. The second-order valence-corrected chi connectivity index (χ2v) is 3.24. The van der Waals surface area contributed by atoms with Crippen LogP contribution in [-0.2, 0) is 18.0 Å². The van der Waals surface area contributed by atoms with Crippen LogP contribution in [0.15, 0.2) is 6.20 Å². The summed E-state index contributed by atoms with van der Waals surface area (Å²) in [5, 5.41) is 3.86. The Bertz CT molecular complexity index is 263. The van der Waals surface area contributed by atoms with Gasteiger partial charge in [-0.15, -0.1) is 0 Å². The van der Waals surface area contributed by atoms with E-state index in [-0.39, 0.29) is 0 Å². The van der Waals surface area contributed by atoms with Crippen LogP contribution in [0.4, 0.5) is 11.5 Å². The molecular formula is C5H10N4OS. The fourth-order valence-electron chi connectivity index (χ4n) is 0.716. The number of nitrogens with one attached hydrogen (secondary N) is 1. The van der Waals surface area contributed by atoms with Gasteiger partial charge in [-0.05, 0) is 0 Å². The number of nitrogens with two attached hydrogens (primary N) is 1. The van der Waals surface area contributed by atoms with Crippen molar-refractivity contribution in [1.29, 1.82) is 0 Å². The maximum absolute atomic E-state index is 10.7. The highest BCUT2D eigenvalue weighted by molar-refractivity contribution is 7.85. The molecule has 1 atom stereocenters. The van der Waals surface area contributed by atoms with Gasteiger partial charge in [0.1, 0.15) is 11.0 Å². The predicted molar refractivity (Wildman–Crippen MR) is 45.3 cm³/mol. The highest BCUT2D eigenvalue weighted by Crippen LogP contribution is 2.15. The molecule has 6 heteroatoms. The minimum atomic E-state index is -1.11. The molecule has 0 aliphatic carbocycles. The second kappa shape index (κ2) is 2.91. The van der Waals surface area contributed by atoms with Crippen LogP contribution >= 0.6 is 0 Å². The summed E-state index contributed by atoms with van der Waals surface area (Å²) in [7, 11) is 0.621. The zero-order valence-electron chi connectivity index (χ0n) is 6.37. The lowest BCUT2D eigenvalue weighted by atomic mass is 10.5. The molecule has 1 heterocycles. The SMILES string of the molecule is Cn1ncc(N)c1NS(C)=O. The molecule has 0 aliphatic rings. The third-order valence-corrected chi connectivity index (χ3v) is 1.69. The second-order valence-electron chi connectivity index (χ2n) is 2.13. The summed E-state index contributed by atoms with van der Waals surface area (Å²) in [6, 6.07) is 0. The Morgan fingerprint density at radius 1 is 1.82 bits per heavy atom. The van der Waals surface area contributed by atoms with E-state index >= 15 is 0 Å². The first kappa shape index (κ1) is 8.06. The lowest BCUT2D eigenvalue weighted by molar-refractivity contribution is 0.688. The molecule has 0 saturated heterocycles.